The third-order valence-electron chi connectivity index (χ3n) is 5.83. The molecule has 0 heterocycles. The molecular formula is C16H26N2OS. The van der Waals surface area contributed by atoms with Crippen molar-refractivity contribution in [2.45, 2.75) is 45.4 Å². The normalized spacial score (nSPS) is 38.0. The maximum atomic E-state index is 12.9. The molecule has 1 amide bonds. The molecule has 0 saturated heterocycles. The van der Waals surface area contributed by atoms with Crippen molar-refractivity contribution in [2.75, 3.05) is 13.1 Å². The van der Waals surface area contributed by atoms with Crippen LogP contribution in [0.5, 0.6) is 0 Å². The number of nitrogens with zero attached hydrogens (tertiary/aromatic N) is 1. The first-order chi connectivity index (χ1) is 9.58. The minimum atomic E-state index is 0.300. The van der Waals surface area contributed by atoms with E-state index >= 15 is 0 Å². The van der Waals surface area contributed by atoms with E-state index in [9.17, 15) is 4.79 Å². The number of thiocarbonyl (C=S) groups is 1. The van der Waals surface area contributed by atoms with Crippen molar-refractivity contribution >= 4 is 23.1 Å². The van der Waals surface area contributed by atoms with Gasteiger partial charge in [-0.1, -0.05) is 12.2 Å². The SMILES string of the molecule is CCN(CCC(N)=S)C(=O)C1C2CC3CC(C2)CC1C3. The largest absolute Gasteiger partial charge is 0.393 e. The lowest BCUT2D eigenvalue weighted by atomic mass is 9.51. The number of carbonyl (C=O) groups excluding carboxylic acids is 1. The van der Waals surface area contributed by atoms with Crippen LogP contribution < -0.4 is 5.73 Å². The number of nitrogens with two attached hydrogens (primary N) is 1. The highest BCUT2D eigenvalue weighted by atomic mass is 32.1. The lowest BCUT2D eigenvalue weighted by Crippen LogP contribution is -2.52. The van der Waals surface area contributed by atoms with Crippen molar-refractivity contribution in [3.8, 4) is 0 Å². The van der Waals surface area contributed by atoms with Crippen LogP contribution in [0.3, 0.4) is 0 Å². The van der Waals surface area contributed by atoms with Gasteiger partial charge in [-0.3, -0.25) is 4.79 Å². The van der Waals surface area contributed by atoms with Gasteiger partial charge in [-0.25, -0.2) is 0 Å². The first-order valence-electron chi connectivity index (χ1n) is 8.15. The topological polar surface area (TPSA) is 46.3 Å². The van der Waals surface area contributed by atoms with Crippen LogP contribution >= 0.6 is 12.2 Å². The van der Waals surface area contributed by atoms with Crippen LogP contribution in [0.2, 0.25) is 0 Å². The van der Waals surface area contributed by atoms with E-state index in [2.05, 4.69) is 6.92 Å². The molecule has 0 spiro atoms. The van der Waals surface area contributed by atoms with Gasteiger partial charge < -0.3 is 10.6 Å². The number of carbonyl (C=O) groups is 1. The molecule has 3 nitrogen and oxygen atoms in total. The Morgan fingerprint density at radius 3 is 2.15 bits per heavy atom. The van der Waals surface area contributed by atoms with Gasteiger partial charge in [0.25, 0.3) is 0 Å². The molecule has 0 aliphatic heterocycles. The Balaban J connectivity index is 1.68. The van der Waals surface area contributed by atoms with Crippen LogP contribution in [0, 0.1) is 29.6 Å². The summed E-state index contributed by atoms with van der Waals surface area (Å²) in [6.45, 7) is 3.55. The zero-order valence-corrected chi connectivity index (χ0v) is 13.2. The third kappa shape index (κ3) is 2.59. The molecule has 0 atom stereocenters. The van der Waals surface area contributed by atoms with E-state index in [0.717, 1.165) is 18.4 Å². The van der Waals surface area contributed by atoms with Crippen molar-refractivity contribution in [1.29, 1.82) is 0 Å². The van der Waals surface area contributed by atoms with Gasteiger partial charge in [0.05, 0.1) is 4.99 Å². The van der Waals surface area contributed by atoms with Crippen LogP contribution in [-0.2, 0) is 4.79 Å². The highest BCUT2D eigenvalue weighted by molar-refractivity contribution is 7.80. The Hall–Kier alpha value is -0.640. The molecule has 4 saturated carbocycles. The van der Waals surface area contributed by atoms with Gasteiger partial charge in [-0.05, 0) is 62.7 Å². The van der Waals surface area contributed by atoms with Crippen molar-refractivity contribution in [3.63, 3.8) is 0 Å². The Morgan fingerprint density at radius 1 is 1.15 bits per heavy atom. The average molecular weight is 294 g/mol. The second kappa shape index (κ2) is 5.63. The summed E-state index contributed by atoms with van der Waals surface area (Å²) >= 11 is 4.95. The zero-order valence-electron chi connectivity index (χ0n) is 12.4. The van der Waals surface area contributed by atoms with Crippen LogP contribution in [0.4, 0.5) is 0 Å². The van der Waals surface area contributed by atoms with Crippen LogP contribution in [0.25, 0.3) is 0 Å². The van der Waals surface area contributed by atoms with Crippen molar-refractivity contribution < 1.29 is 4.79 Å². The third-order valence-corrected chi connectivity index (χ3v) is 6.04. The summed E-state index contributed by atoms with van der Waals surface area (Å²) in [5, 5.41) is 0. The standard InChI is InChI=1S/C16H26N2OS/c1-2-18(4-3-14(17)20)16(19)15-12-6-10-5-11(8-12)9-13(15)7-10/h10-13,15H,2-9H2,1H3,(H2,17,20). The average Bonchev–Trinajstić information content (AvgIpc) is 2.37. The van der Waals surface area contributed by atoms with Gasteiger partial charge in [0.2, 0.25) is 5.91 Å². The lowest BCUT2D eigenvalue weighted by Gasteiger charge is -2.54. The summed E-state index contributed by atoms with van der Waals surface area (Å²) in [5.74, 6) is 3.86. The Bertz CT molecular complexity index is 381. The first kappa shape index (κ1) is 14.3. The van der Waals surface area contributed by atoms with E-state index in [4.69, 9.17) is 18.0 Å². The molecule has 4 aliphatic rings. The monoisotopic (exact) mass is 294 g/mol. The molecule has 0 radical (unpaired) electrons. The van der Waals surface area contributed by atoms with Gasteiger partial charge in [0, 0.05) is 25.4 Å². The van der Waals surface area contributed by atoms with Gasteiger partial charge in [0.1, 0.15) is 0 Å². The molecule has 0 aromatic carbocycles. The molecular weight excluding hydrogens is 268 g/mol. The summed E-state index contributed by atoms with van der Waals surface area (Å²) in [6, 6.07) is 0. The molecule has 4 heteroatoms. The van der Waals surface area contributed by atoms with E-state index < -0.39 is 0 Å². The van der Waals surface area contributed by atoms with Crippen molar-refractivity contribution in [3.05, 3.63) is 0 Å². The number of amides is 1. The number of hydrogen-bond acceptors (Lipinski definition) is 2. The molecule has 2 N–H and O–H groups in total. The van der Waals surface area contributed by atoms with Gasteiger partial charge in [-0.2, -0.15) is 0 Å². The first-order valence-corrected chi connectivity index (χ1v) is 8.56. The summed E-state index contributed by atoms with van der Waals surface area (Å²) in [5.41, 5.74) is 5.58. The summed E-state index contributed by atoms with van der Waals surface area (Å²) in [6.07, 6.45) is 7.30. The molecule has 20 heavy (non-hydrogen) atoms. The maximum absolute atomic E-state index is 12.9. The quantitative estimate of drug-likeness (QED) is 0.793. The fourth-order valence-corrected chi connectivity index (χ4v) is 5.30. The molecule has 0 aromatic rings. The molecule has 4 rings (SSSR count). The predicted octanol–water partition coefficient (Wildman–Crippen LogP) is 2.58. The summed E-state index contributed by atoms with van der Waals surface area (Å²) in [7, 11) is 0. The van der Waals surface area contributed by atoms with Gasteiger partial charge >= 0.3 is 0 Å². The molecule has 0 aromatic heterocycles. The Labute approximate surface area is 127 Å². The van der Waals surface area contributed by atoms with Crippen molar-refractivity contribution in [2.24, 2.45) is 35.3 Å². The minimum absolute atomic E-state index is 0.300. The lowest BCUT2D eigenvalue weighted by molar-refractivity contribution is -0.148. The fraction of sp³-hybridized carbons (Fsp3) is 0.875. The van der Waals surface area contributed by atoms with E-state index in [1.807, 2.05) is 4.90 Å². The Kier molecular flexibility index (Phi) is 4.02. The minimum Gasteiger partial charge on any atom is -0.393 e. The molecule has 112 valence electrons. The van der Waals surface area contributed by atoms with E-state index in [1.165, 1.54) is 32.1 Å². The van der Waals surface area contributed by atoms with Crippen LogP contribution in [0.1, 0.15) is 45.4 Å². The summed E-state index contributed by atoms with van der Waals surface area (Å²) < 4.78 is 0. The second-order valence-electron chi connectivity index (χ2n) is 7.09. The predicted molar refractivity (Wildman–Crippen MR) is 84.2 cm³/mol. The van der Waals surface area contributed by atoms with Crippen LogP contribution in [-0.4, -0.2) is 28.9 Å². The van der Waals surface area contributed by atoms with Gasteiger partial charge in [0.15, 0.2) is 0 Å². The maximum Gasteiger partial charge on any atom is 0.226 e. The highest BCUT2D eigenvalue weighted by Crippen LogP contribution is 2.56. The van der Waals surface area contributed by atoms with E-state index in [1.54, 1.807) is 0 Å². The summed E-state index contributed by atoms with van der Waals surface area (Å²) in [4.78, 5) is 15.4. The fourth-order valence-electron chi connectivity index (χ4n) is 5.21. The van der Waals surface area contributed by atoms with Crippen molar-refractivity contribution in [1.82, 2.24) is 4.90 Å². The molecule has 0 unspecified atom stereocenters. The highest BCUT2D eigenvalue weighted by Gasteiger charge is 2.51. The van der Waals surface area contributed by atoms with Gasteiger partial charge in [-0.15, -0.1) is 0 Å². The molecule has 4 fully saturated rings. The molecule has 4 aliphatic carbocycles. The number of rotatable bonds is 5. The smallest absolute Gasteiger partial charge is 0.226 e. The second-order valence-corrected chi connectivity index (χ2v) is 7.62. The Morgan fingerprint density at radius 2 is 1.70 bits per heavy atom. The molecule has 4 bridgehead atoms. The van der Waals surface area contributed by atoms with Crippen LogP contribution in [0.15, 0.2) is 0 Å². The van der Waals surface area contributed by atoms with E-state index in [-0.39, 0.29) is 0 Å². The number of hydrogen-bond donors (Lipinski definition) is 1. The van der Waals surface area contributed by atoms with E-state index in [0.29, 0.717) is 41.6 Å². The zero-order chi connectivity index (χ0) is 14.3.